The topological polar surface area (TPSA) is 99.9 Å². The molecule has 0 amide bonds. The Hall–Kier alpha value is -1.75. The molecule has 0 spiro atoms. The Morgan fingerprint density at radius 3 is 3.04 bits per heavy atom. The lowest BCUT2D eigenvalue weighted by Crippen LogP contribution is -2.31. The number of nitrogen functional groups attached to an aromatic ring is 1. The highest BCUT2D eigenvalue weighted by molar-refractivity contribution is 7.99. The highest BCUT2D eigenvalue weighted by Gasteiger charge is 2.15. The predicted molar refractivity (Wildman–Crippen MR) is 105 cm³/mol. The quantitative estimate of drug-likeness (QED) is 0.361. The molecule has 2 unspecified atom stereocenters. The first-order valence-electron chi connectivity index (χ1n) is 8.60. The molecule has 0 aromatic carbocycles. The molecule has 7 heteroatoms. The summed E-state index contributed by atoms with van der Waals surface area (Å²) < 4.78 is 0. The van der Waals surface area contributed by atoms with E-state index in [2.05, 4.69) is 26.2 Å². The third kappa shape index (κ3) is 5.92. The number of nitrogens with one attached hydrogen (secondary N) is 2. The number of hydrogen-bond acceptors (Lipinski definition) is 6. The van der Waals surface area contributed by atoms with E-state index in [9.17, 15) is 5.11 Å². The molecule has 2 aromatic heterocycles. The number of aromatic nitrogens is 3. The van der Waals surface area contributed by atoms with E-state index in [4.69, 9.17) is 12.2 Å². The van der Waals surface area contributed by atoms with Gasteiger partial charge in [-0.15, -0.1) is 12.3 Å². The summed E-state index contributed by atoms with van der Waals surface area (Å²) in [5.41, 5.74) is 8.50. The summed E-state index contributed by atoms with van der Waals surface area (Å²) in [4.78, 5) is 11.4. The van der Waals surface area contributed by atoms with Crippen LogP contribution in [-0.4, -0.2) is 44.2 Å². The highest BCUT2D eigenvalue weighted by Crippen LogP contribution is 2.19. The zero-order chi connectivity index (χ0) is 18.1. The number of fused-ring (bicyclic) bond motifs is 1. The van der Waals surface area contributed by atoms with Crippen molar-refractivity contribution in [2.24, 2.45) is 5.92 Å². The van der Waals surface area contributed by atoms with Crippen molar-refractivity contribution in [1.82, 2.24) is 20.3 Å². The van der Waals surface area contributed by atoms with E-state index in [0.29, 0.717) is 12.4 Å². The SMILES string of the molecule is C#CCCCCSCC(CNCc1c[nH]c2c(N)ncnc12)C(C)O. The van der Waals surface area contributed by atoms with Gasteiger partial charge < -0.3 is 21.1 Å². The zero-order valence-electron chi connectivity index (χ0n) is 14.7. The normalized spacial score (nSPS) is 13.6. The summed E-state index contributed by atoms with van der Waals surface area (Å²) in [6.07, 6.45) is 11.3. The van der Waals surface area contributed by atoms with E-state index in [1.54, 1.807) is 0 Å². The van der Waals surface area contributed by atoms with E-state index in [0.717, 1.165) is 53.9 Å². The lowest BCUT2D eigenvalue weighted by atomic mass is 10.1. The fourth-order valence-electron chi connectivity index (χ4n) is 2.57. The summed E-state index contributed by atoms with van der Waals surface area (Å²) in [6, 6.07) is 0. The molecule has 2 atom stereocenters. The first-order chi connectivity index (χ1) is 12.1. The average Bonchev–Trinajstić information content (AvgIpc) is 3.00. The molecule has 0 radical (unpaired) electrons. The molecule has 6 nitrogen and oxygen atoms in total. The van der Waals surface area contributed by atoms with Crippen LogP contribution in [0, 0.1) is 18.3 Å². The number of aromatic amines is 1. The van der Waals surface area contributed by atoms with Gasteiger partial charge in [-0.05, 0) is 31.3 Å². The molecule has 2 rings (SSSR count). The van der Waals surface area contributed by atoms with Crippen LogP contribution >= 0.6 is 11.8 Å². The molecule has 0 aliphatic rings. The monoisotopic (exact) mass is 361 g/mol. The van der Waals surface area contributed by atoms with Crippen LogP contribution < -0.4 is 11.1 Å². The van der Waals surface area contributed by atoms with Gasteiger partial charge in [0, 0.05) is 37.2 Å². The second-order valence-electron chi connectivity index (χ2n) is 6.16. The minimum absolute atomic E-state index is 0.211. The number of H-pyrrole nitrogens is 1. The average molecular weight is 362 g/mol. The molecule has 0 saturated carbocycles. The first kappa shape index (κ1) is 19.6. The van der Waals surface area contributed by atoms with Crippen molar-refractivity contribution in [3.05, 3.63) is 18.1 Å². The van der Waals surface area contributed by atoms with Crippen LogP contribution in [0.15, 0.2) is 12.5 Å². The summed E-state index contributed by atoms with van der Waals surface area (Å²) in [5, 5.41) is 13.4. The summed E-state index contributed by atoms with van der Waals surface area (Å²) in [7, 11) is 0. The number of aliphatic hydroxyl groups excluding tert-OH is 1. The molecular formula is C18H27N5OS. The van der Waals surface area contributed by atoms with E-state index in [-0.39, 0.29) is 12.0 Å². The summed E-state index contributed by atoms with van der Waals surface area (Å²) in [6.45, 7) is 3.28. The van der Waals surface area contributed by atoms with Crippen LogP contribution in [0.5, 0.6) is 0 Å². The van der Waals surface area contributed by atoms with Crippen LogP contribution in [0.25, 0.3) is 11.0 Å². The molecule has 25 heavy (non-hydrogen) atoms. The lowest BCUT2D eigenvalue weighted by Gasteiger charge is -2.20. The van der Waals surface area contributed by atoms with Crippen LogP contribution in [-0.2, 0) is 6.54 Å². The fourth-order valence-corrected chi connectivity index (χ4v) is 3.85. The number of nitrogens with zero attached hydrogens (tertiary/aromatic N) is 2. The maximum Gasteiger partial charge on any atom is 0.151 e. The zero-order valence-corrected chi connectivity index (χ0v) is 15.5. The van der Waals surface area contributed by atoms with Gasteiger partial charge in [-0.3, -0.25) is 0 Å². The van der Waals surface area contributed by atoms with Crippen LogP contribution in [0.4, 0.5) is 5.82 Å². The number of thioether (sulfide) groups is 1. The summed E-state index contributed by atoms with van der Waals surface area (Å²) in [5.74, 6) is 5.35. The van der Waals surface area contributed by atoms with Crippen molar-refractivity contribution in [3.63, 3.8) is 0 Å². The molecule has 5 N–H and O–H groups in total. The Morgan fingerprint density at radius 2 is 2.28 bits per heavy atom. The van der Waals surface area contributed by atoms with Crippen molar-refractivity contribution in [3.8, 4) is 12.3 Å². The molecule has 2 heterocycles. The molecule has 0 aliphatic heterocycles. The van der Waals surface area contributed by atoms with Gasteiger partial charge in [0.25, 0.3) is 0 Å². The van der Waals surface area contributed by atoms with E-state index >= 15 is 0 Å². The minimum atomic E-state index is -0.341. The molecule has 136 valence electrons. The van der Waals surface area contributed by atoms with Crippen molar-refractivity contribution in [2.75, 3.05) is 23.8 Å². The van der Waals surface area contributed by atoms with E-state index in [1.807, 2.05) is 24.9 Å². The van der Waals surface area contributed by atoms with Crippen molar-refractivity contribution in [1.29, 1.82) is 0 Å². The Labute approximate surface area is 153 Å². The smallest absolute Gasteiger partial charge is 0.151 e. The van der Waals surface area contributed by atoms with E-state index < -0.39 is 0 Å². The highest BCUT2D eigenvalue weighted by atomic mass is 32.2. The number of rotatable bonds is 11. The lowest BCUT2D eigenvalue weighted by molar-refractivity contribution is 0.136. The van der Waals surface area contributed by atoms with Crippen LogP contribution in [0.2, 0.25) is 0 Å². The summed E-state index contributed by atoms with van der Waals surface area (Å²) >= 11 is 1.88. The second kappa shape index (κ2) is 10.3. The Morgan fingerprint density at radius 1 is 1.44 bits per heavy atom. The van der Waals surface area contributed by atoms with Gasteiger partial charge in [-0.1, -0.05) is 0 Å². The maximum atomic E-state index is 10.00. The number of nitrogens with two attached hydrogens (primary N) is 1. The van der Waals surface area contributed by atoms with Crippen LogP contribution in [0.3, 0.4) is 0 Å². The molecule has 0 aliphatic carbocycles. The van der Waals surface area contributed by atoms with Gasteiger partial charge in [0.2, 0.25) is 0 Å². The second-order valence-corrected chi connectivity index (χ2v) is 7.31. The van der Waals surface area contributed by atoms with Crippen molar-refractivity contribution >= 4 is 28.6 Å². The molecule has 0 bridgehead atoms. The Kier molecular flexibility index (Phi) is 8.06. The molecule has 2 aromatic rings. The van der Waals surface area contributed by atoms with Gasteiger partial charge in [0.05, 0.1) is 11.6 Å². The molecule has 0 fully saturated rings. The number of aliphatic hydroxyl groups is 1. The molecular weight excluding hydrogens is 334 g/mol. The van der Waals surface area contributed by atoms with Gasteiger partial charge >= 0.3 is 0 Å². The molecule has 0 saturated heterocycles. The van der Waals surface area contributed by atoms with Crippen molar-refractivity contribution < 1.29 is 5.11 Å². The third-order valence-electron chi connectivity index (χ3n) is 4.17. The number of unbranched alkanes of at least 4 members (excludes halogenated alkanes) is 2. The standard InChI is InChI=1S/C18H27N5OS/c1-3-4-5-6-7-25-11-15(13(2)24)9-20-8-14-10-21-17-16(14)22-12-23-18(17)19/h1,10,12-13,15,20-21,24H,4-9,11H2,2H3,(H2,19,22,23). The third-order valence-corrected chi connectivity index (χ3v) is 5.41. The largest absolute Gasteiger partial charge is 0.393 e. The number of hydrogen-bond donors (Lipinski definition) is 4. The Bertz CT molecular complexity index is 694. The first-order valence-corrected chi connectivity index (χ1v) is 9.75. The van der Waals surface area contributed by atoms with Gasteiger partial charge in [-0.25, -0.2) is 9.97 Å². The fraction of sp³-hybridized carbons (Fsp3) is 0.556. The van der Waals surface area contributed by atoms with Crippen molar-refractivity contribution in [2.45, 2.75) is 38.8 Å². The van der Waals surface area contributed by atoms with Crippen LogP contribution in [0.1, 0.15) is 31.7 Å². The number of terminal acetylenes is 1. The maximum absolute atomic E-state index is 10.00. The van der Waals surface area contributed by atoms with Gasteiger partial charge in [0.15, 0.2) is 5.82 Å². The Balaban J connectivity index is 1.77. The minimum Gasteiger partial charge on any atom is -0.393 e. The predicted octanol–water partition coefficient (Wildman–Crippen LogP) is 2.16. The van der Waals surface area contributed by atoms with Gasteiger partial charge in [-0.2, -0.15) is 11.8 Å². The number of anilines is 1. The van der Waals surface area contributed by atoms with E-state index in [1.165, 1.54) is 6.33 Å². The van der Waals surface area contributed by atoms with Gasteiger partial charge in [0.1, 0.15) is 11.8 Å².